The molecule has 0 spiro atoms. The minimum atomic E-state index is 0.0770. The molecule has 0 amide bonds. The molecular formula is C52H33N3O. The number of benzene rings is 8. The van der Waals surface area contributed by atoms with E-state index >= 15 is 0 Å². The number of nitrogens with zero attached hydrogens (tertiary/aromatic N) is 3. The molecule has 0 aliphatic heterocycles. The molecule has 2 aromatic heterocycles. The molecule has 0 saturated carbocycles. The van der Waals surface area contributed by atoms with Crippen molar-refractivity contribution >= 4 is 21.9 Å². The average Bonchev–Trinajstić information content (AvgIpc) is 3.82. The summed E-state index contributed by atoms with van der Waals surface area (Å²) in [6, 6.07) is 68.1. The lowest BCUT2D eigenvalue weighted by Gasteiger charge is -2.15. The lowest BCUT2D eigenvalue weighted by molar-refractivity contribution is 0.668. The Bertz CT molecular complexity index is 3080. The standard InChI is InChI=1S/C52H33N3O/c1-4-14-33(15-5-1)36-20-12-21-39(30-36)51-53-50(35-18-8-3-9-19-35)54-52(55-51)44-24-13-25-46-49(44)43-29-27-38(32-47(43)56-46)48-42-23-11-10-22-40(42)41-28-26-37(31-45(41)48)34-16-6-2-7-17-34/h1-32,48H. The first kappa shape index (κ1) is 32.0. The molecule has 8 aromatic carbocycles. The van der Waals surface area contributed by atoms with E-state index in [4.69, 9.17) is 19.4 Å². The zero-order valence-corrected chi connectivity index (χ0v) is 30.3. The van der Waals surface area contributed by atoms with Gasteiger partial charge in [0.15, 0.2) is 17.5 Å². The van der Waals surface area contributed by atoms with Crippen molar-refractivity contribution in [3.05, 3.63) is 211 Å². The summed E-state index contributed by atoms with van der Waals surface area (Å²) in [5, 5.41) is 2.01. The molecule has 2 heterocycles. The lowest BCUT2D eigenvalue weighted by atomic mass is 9.87. The Hall–Kier alpha value is -7.43. The molecule has 0 radical (unpaired) electrons. The molecule has 1 atom stereocenters. The molecule has 1 aliphatic rings. The molecule has 4 nitrogen and oxygen atoms in total. The van der Waals surface area contributed by atoms with E-state index in [1.54, 1.807) is 0 Å². The fourth-order valence-electron chi connectivity index (χ4n) is 8.40. The summed E-state index contributed by atoms with van der Waals surface area (Å²) < 4.78 is 6.71. The Kier molecular flexibility index (Phi) is 7.52. The van der Waals surface area contributed by atoms with Crippen LogP contribution in [-0.2, 0) is 0 Å². The highest BCUT2D eigenvalue weighted by molar-refractivity contribution is 6.12. The van der Waals surface area contributed by atoms with Crippen LogP contribution >= 0.6 is 0 Å². The van der Waals surface area contributed by atoms with Gasteiger partial charge >= 0.3 is 0 Å². The van der Waals surface area contributed by atoms with Crippen LogP contribution in [0.25, 0.3) is 89.5 Å². The van der Waals surface area contributed by atoms with Gasteiger partial charge in [-0.1, -0.05) is 170 Å². The van der Waals surface area contributed by atoms with Gasteiger partial charge in [-0.15, -0.1) is 0 Å². The van der Waals surface area contributed by atoms with E-state index in [0.29, 0.717) is 17.5 Å². The fourth-order valence-corrected chi connectivity index (χ4v) is 8.40. The molecule has 0 bridgehead atoms. The van der Waals surface area contributed by atoms with Crippen molar-refractivity contribution in [3.8, 4) is 67.5 Å². The van der Waals surface area contributed by atoms with Gasteiger partial charge < -0.3 is 4.42 Å². The normalized spacial score (nSPS) is 13.2. The van der Waals surface area contributed by atoms with Crippen LogP contribution in [0.3, 0.4) is 0 Å². The summed E-state index contributed by atoms with van der Waals surface area (Å²) in [7, 11) is 0. The third-order valence-electron chi connectivity index (χ3n) is 11.0. The van der Waals surface area contributed by atoms with E-state index in [0.717, 1.165) is 49.8 Å². The van der Waals surface area contributed by atoms with Crippen molar-refractivity contribution < 1.29 is 4.42 Å². The molecule has 4 heteroatoms. The molecule has 10 aromatic rings. The number of furan rings is 1. The molecule has 1 aliphatic carbocycles. The third-order valence-corrected chi connectivity index (χ3v) is 11.0. The fraction of sp³-hybridized carbons (Fsp3) is 0.0192. The van der Waals surface area contributed by atoms with E-state index < -0.39 is 0 Å². The quantitative estimate of drug-likeness (QED) is 0.172. The van der Waals surface area contributed by atoms with Crippen molar-refractivity contribution in [3.63, 3.8) is 0 Å². The summed E-state index contributed by atoms with van der Waals surface area (Å²) in [4.78, 5) is 15.3. The van der Waals surface area contributed by atoms with Crippen LogP contribution in [0.2, 0.25) is 0 Å². The number of hydrogen-bond acceptors (Lipinski definition) is 4. The maximum atomic E-state index is 6.71. The minimum absolute atomic E-state index is 0.0770. The second-order valence-electron chi connectivity index (χ2n) is 14.3. The monoisotopic (exact) mass is 715 g/mol. The molecule has 0 N–H and O–H groups in total. The van der Waals surface area contributed by atoms with Crippen LogP contribution in [0, 0.1) is 0 Å². The predicted molar refractivity (Wildman–Crippen MR) is 227 cm³/mol. The summed E-state index contributed by atoms with van der Waals surface area (Å²) >= 11 is 0. The zero-order chi connectivity index (χ0) is 37.0. The van der Waals surface area contributed by atoms with Gasteiger partial charge in [0.05, 0.1) is 0 Å². The number of aromatic nitrogens is 3. The van der Waals surface area contributed by atoms with E-state index in [-0.39, 0.29) is 5.92 Å². The predicted octanol–water partition coefficient (Wildman–Crippen LogP) is 13.3. The summed E-state index contributed by atoms with van der Waals surface area (Å²) in [5.74, 6) is 1.92. The first-order valence-corrected chi connectivity index (χ1v) is 19.0. The number of fused-ring (bicyclic) bond motifs is 6. The summed E-state index contributed by atoms with van der Waals surface area (Å²) in [6.45, 7) is 0. The topological polar surface area (TPSA) is 51.8 Å². The van der Waals surface area contributed by atoms with E-state index in [9.17, 15) is 0 Å². The van der Waals surface area contributed by atoms with E-state index in [1.165, 1.54) is 38.9 Å². The van der Waals surface area contributed by atoms with Crippen LogP contribution in [0.15, 0.2) is 199 Å². The van der Waals surface area contributed by atoms with Crippen LogP contribution in [0.4, 0.5) is 0 Å². The molecule has 56 heavy (non-hydrogen) atoms. The summed E-state index contributed by atoms with van der Waals surface area (Å²) in [6.07, 6.45) is 0. The Labute approximate surface area is 324 Å². The second kappa shape index (κ2) is 13.2. The largest absolute Gasteiger partial charge is 0.456 e. The van der Waals surface area contributed by atoms with Crippen molar-refractivity contribution in [2.24, 2.45) is 0 Å². The van der Waals surface area contributed by atoms with Crippen molar-refractivity contribution in [1.29, 1.82) is 0 Å². The third kappa shape index (κ3) is 5.42. The van der Waals surface area contributed by atoms with Crippen LogP contribution in [0.5, 0.6) is 0 Å². The average molecular weight is 716 g/mol. The Morgan fingerprint density at radius 3 is 1.68 bits per heavy atom. The maximum absolute atomic E-state index is 6.71. The van der Waals surface area contributed by atoms with Gasteiger partial charge in [0.25, 0.3) is 0 Å². The molecular weight excluding hydrogens is 683 g/mol. The van der Waals surface area contributed by atoms with E-state index in [2.05, 4.69) is 146 Å². The number of rotatable bonds is 6. The van der Waals surface area contributed by atoms with Gasteiger partial charge in [-0.05, 0) is 74.3 Å². The Morgan fingerprint density at radius 1 is 0.339 bits per heavy atom. The van der Waals surface area contributed by atoms with Gasteiger partial charge in [-0.2, -0.15) is 0 Å². The van der Waals surface area contributed by atoms with Crippen molar-refractivity contribution in [1.82, 2.24) is 15.0 Å². The lowest BCUT2D eigenvalue weighted by Crippen LogP contribution is -2.00. The smallest absolute Gasteiger partial charge is 0.164 e. The molecule has 0 fully saturated rings. The van der Waals surface area contributed by atoms with Gasteiger partial charge in [0, 0.05) is 33.4 Å². The first-order valence-electron chi connectivity index (χ1n) is 19.0. The Morgan fingerprint density at radius 2 is 0.911 bits per heavy atom. The minimum Gasteiger partial charge on any atom is -0.456 e. The SMILES string of the molecule is c1ccc(-c2cccc(-c3nc(-c4ccccc4)nc(-c4cccc5oc6cc(C7c8ccccc8-c8ccc(-c9ccccc9)cc87)ccc6c45)n3)c2)cc1. The van der Waals surface area contributed by atoms with Crippen LogP contribution < -0.4 is 0 Å². The highest BCUT2D eigenvalue weighted by Gasteiger charge is 2.31. The second-order valence-corrected chi connectivity index (χ2v) is 14.3. The maximum Gasteiger partial charge on any atom is 0.164 e. The zero-order valence-electron chi connectivity index (χ0n) is 30.3. The first-order chi connectivity index (χ1) is 27.7. The highest BCUT2D eigenvalue weighted by atomic mass is 16.3. The molecule has 262 valence electrons. The van der Waals surface area contributed by atoms with Gasteiger partial charge in [0.2, 0.25) is 0 Å². The molecule has 11 rings (SSSR count). The summed E-state index contributed by atoms with van der Waals surface area (Å²) in [5.41, 5.74) is 15.5. The highest BCUT2D eigenvalue weighted by Crippen LogP contribution is 2.50. The van der Waals surface area contributed by atoms with Crippen LogP contribution in [0.1, 0.15) is 22.6 Å². The van der Waals surface area contributed by atoms with Gasteiger partial charge in [-0.3, -0.25) is 0 Å². The molecule has 1 unspecified atom stereocenters. The van der Waals surface area contributed by atoms with Crippen molar-refractivity contribution in [2.75, 3.05) is 0 Å². The van der Waals surface area contributed by atoms with Gasteiger partial charge in [0.1, 0.15) is 11.2 Å². The molecule has 0 saturated heterocycles. The van der Waals surface area contributed by atoms with Crippen molar-refractivity contribution in [2.45, 2.75) is 5.92 Å². The Balaban J connectivity index is 1.06. The van der Waals surface area contributed by atoms with E-state index in [1.807, 2.05) is 48.5 Å². The number of hydrogen-bond donors (Lipinski definition) is 0. The van der Waals surface area contributed by atoms with Crippen LogP contribution in [-0.4, -0.2) is 15.0 Å². The van der Waals surface area contributed by atoms with Gasteiger partial charge in [-0.25, -0.2) is 15.0 Å².